The van der Waals surface area contributed by atoms with Gasteiger partial charge in [-0.3, -0.25) is 9.69 Å². The molecule has 0 atom stereocenters. The van der Waals surface area contributed by atoms with Crippen LogP contribution >= 0.6 is 0 Å². The van der Waals surface area contributed by atoms with Crippen LogP contribution in [0.3, 0.4) is 0 Å². The summed E-state index contributed by atoms with van der Waals surface area (Å²) >= 11 is 0. The van der Waals surface area contributed by atoms with Gasteiger partial charge in [0, 0.05) is 45.5 Å². The third-order valence-corrected chi connectivity index (χ3v) is 4.60. The van der Waals surface area contributed by atoms with E-state index < -0.39 is 18.6 Å². The maximum absolute atomic E-state index is 13.9. The maximum Gasteiger partial charge on any atom is 0.411 e. The Morgan fingerprint density at radius 3 is 2.52 bits per heavy atom. The molecule has 158 valence electrons. The van der Waals surface area contributed by atoms with Crippen molar-refractivity contribution >= 4 is 5.91 Å². The maximum atomic E-state index is 13.9. The molecule has 0 radical (unpaired) electrons. The van der Waals surface area contributed by atoms with E-state index in [-0.39, 0.29) is 23.9 Å². The van der Waals surface area contributed by atoms with Gasteiger partial charge in [-0.2, -0.15) is 18.3 Å². The smallest absolute Gasteiger partial charge is 0.372 e. The minimum atomic E-state index is -4.30. The fraction of sp³-hybridized carbons (Fsp3) is 0.474. The van der Waals surface area contributed by atoms with Crippen molar-refractivity contribution in [2.45, 2.75) is 12.6 Å². The molecule has 3 rings (SSSR count). The van der Waals surface area contributed by atoms with E-state index in [2.05, 4.69) is 14.7 Å². The van der Waals surface area contributed by atoms with Crippen LogP contribution in [0, 0.1) is 5.82 Å². The van der Waals surface area contributed by atoms with Crippen LogP contribution in [0.5, 0.6) is 0 Å². The summed E-state index contributed by atoms with van der Waals surface area (Å²) in [5.74, 6) is -0.657. The lowest BCUT2D eigenvalue weighted by Gasteiger charge is -2.34. The number of ether oxygens (including phenoxy) is 1. The summed E-state index contributed by atoms with van der Waals surface area (Å²) < 4.78 is 55.8. The number of nitrogens with zero attached hydrogens (tertiary/aromatic N) is 4. The standard InChI is InChI=1S/C19H22F4N4O2/c20-15-4-1-2-5-17(15)27-8-6-16(24-27)18(28)26-11-9-25(10-12-26)7-3-13-29-14-19(21,22)23/h1-2,4-6,8H,3,7,9-14H2. The zero-order valence-electron chi connectivity index (χ0n) is 15.7. The molecule has 1 aliphatic heterocycles. The second kappa shape index (κ2) is 9.36. The molecular formula is C19H22F4N4O2. The van der Waals surface area contributed by atoms with Crippen LogP contribution in [-0.4, -0.2) is 77.6 Å². The fourth-order valence-corrected chi connectivity index (χ4v) is 3.12. The van der Waals surface area contributed by atoms with E-state index >= 15 is 0 Å². The van der Waals surface area contributed by atoms with E-state index in [1.807, 2.05) is 0 Å². The number of para-hydroxylation sites is 1. The molecule has 0 aliphatic carbocycles. The summed E-state index contributed by atoms with van der Waals surface area (Å²) in [6.07, 6.45) is -2.26. The minimum absolute atomic E-state index is 0.0478. The molecule has 1 aliphatic rings. The largest absolute Gasteiger partial charge is 0.411 e. The number of amides is 1. The van der Waals surface area contributed by atoms with Gasteiger partial charge in [-0.15, -0.1) is 0 Å². The van der Waals surface area contributed by atoms with Crippen LogP contribution in [0.25, 0.3) is 5.69 Å². The Balaban J connectivity index is 1.44. The lowest BCUT2D eigenvalue weighted by molar-refractivity contribution is -0.174. The number of carbonyl (C=O) groups is 1. The van der Waals surface area contributed by atoms with Crippen LogP contribution in [0.15, 0.2) is 36.5 Å². The Morgan fingerprint density at radius 1 is 1.10 bits per heavy atom. The minimum Gasteiger partial charge on any atom is -0.372 e. The number of hydrogen-bond acceptors (Lipinski definition) is 4. The van der Waals surface area contributed by atoms with Crippen molar-refractivity contribution < 1.29 is 27.1 Å². The SMILES string of the molecule is O=C(c1ccn(-c2ccccc2F)n1)N1CCN(CCCOCC(F)(F)F)CC1. The normalized spacial score (nSPS) is 15.7. The molecule has 29 heavy (non-hydrogen) atoms. The molecule has 0 unspecified atom stereocenters. The van der Waals surface area contributed by atoms with Crippen LogP contribution in [0.2, 0.25) is 0 Å². The molecule has 0 N–H and O–H groups in total. The Labute approximate surface area is 165 Å². The first-order chi connectivity index (χ1) is 13.8. The van der Waals surface area contributed by atoms with Crippen molar-refractivity contribution in [1.82, 2.24) is 19.6 Å². The van der Waals surface area contributed by atoms with E-state index in [9.17, 15) is 22.4 Å². The summed E-state index contributed by atoms with van der Waals surface area (Å²) in [5, 5.41) is 4.19. The highest BCUT2D eigenvalue weighted by atomic mass is 19.4. The molecule has 6 nitrogen and oxygen atoms in total. The van der Waals surface area contributed by atoms with Gasteiger partial charge in [-0.05, 0) is 24.6 Å². The van der Waals surface area contributed by atoms with E-state index in [1.165, 1.54) is 10.7 Å². The highest BCUT2D eigenvalue weighted by Gasteiger charge is 2.27. The Hall–Kier alpha value is -2.46. The average Bonchev–Trinajstić information content (AvgIpc) is 3.17. The van der Waals surface area contributed by atoms with Gasteiger partial charge in [0.1, 0.15) is 18.1 Å². The third-order valence-electron chi connectivity index (χ3n) is 4.60. The number of hydrogen-bond donors (Lipinski definition) is 0. The van der Waals surface area contributed by atoms with Gasteiger partial charge in [-0.1, -0.05) is 12.1 Å². The number of piperazine rings is 1. The molecule has 2 aromatic rings. The average molecular weight is 414 g/mol. The van der Waals surface area contributed by atoms with Crippen LogP contribution in [-0.2, 0) is 4.74 Å². The summed E-state index contributed by atoms with van der Waals surface area (Å²) in [5.41, 5.74) is 0.506. The van der Waals surface area contributed by atoms with Crippen molar-refractivity contribution in [2.24, 2.45) is 0 Å². The Morgan fingerprint density at radius 2 is 1.83 bits per heavy atom. The van der Waals surface area contributed by atoms with E-state index in [4.69, 9.17) is 0 Å². The predicted octanol–water partition coefficient (Wildman–Crippen LogP) is 2.74. The number of benzene rings is 1. The van der Waals surface area contributed by atoms with Crippen molar-refractivity contribution in [3.63, 3.8) is 0 Å². The highest BCUT2D eigenvalue weighted by Crippen LogP contribution is 2.15. The summed E-state index contributed by atoms with van der Waals surface area (Å²) in [6.45, 7) is 1.67. The Kier molecular flexibility index (Phi) is 6.86. The van der Waals surface area contributed by atoms with Gasteiger partial charge in [0.15, 0.2) is 5.69 Å². The van der Waals surface area contributed by atoms with Gasteiger partial charge in [0.05, 0.1) is 0 Å². The topological polar surface area (TPSA) is 50.6 Å². The Bertz CT molecular complexity index is 817. The molecule has 1 saturated heterocycles. The van der Waals surface area contributed by atoms with E-state index in [0.717, 1.165) is 0 Å². The molecule has 1 fully saturated rings. The number of carbonyl (C=O) groups excluding carboxylic acids is 1. The molecule has 2 heterocycles. The predicted molar refractivity (Wildman–Crippen MR) is 97.4 cm³/mol. The van der Waals surface area contributed by atoms with E-state index in [0.29, 0.717) is 39.1 Å². The van der Waals surface area contributed by atoms with E-state index in [1.54, 1.807) is 35.4 Å². The van der Waals surface area contributed by atoms with Crippen molar-refractivity contribution in [3.8, 4) is 5.69 Å². The van der Waals surface area contributed by atoms with Gasteiger partial charge in [0.2, 0.25) is 0 Å². The van der Waals surface area contributed by atoms with Crippen molar-refractivity contribution in [3.05, 3.63) is 48.0 Å². The molecule has 1 aromatic heterocycles. The molecule has 0 saturated carbocycles. The number of halogens is 4. The van der Waals surface area contributed by atoms with Gasteiger partial charge >= 0.3 is 6.18 Å². The van der Waals surface area contributed by atoms with Crippen molar-refractivity contribution in [1.29, 1.82) is 0 Å². The first-order valence-corrected chi connectivity index (χ1v) is 9.30. The first kappa shape index (κ1) is 21.3. The molecule has 0 spiro atoms. The third kappa shape index (κ3) is 6.01. The van der Waals surface area contributed by atoms with Gasteiger partial charge < -0.3 is 9.64 Å². The highest BCUT2D eigenvalue weighted by molar-refractivity contribution is 5.92. The number of aromatic nitrogens is 2. The lowest BCUT2D eigenvalue weighted by atomic mass is 10.2. The zero-order valence-corrected chi connectivity index (χ0v) is 15.7. The molecule has 1 aromatic carbocycles. The zero-order chi connectivity index (χ0) is 20.9. The molecular weight excluding hydrogens is 392 g/mol. The fourth-order valence-electron chi connectivity index (χ4n) is 3.12. The summed E-state index contributed by atoms with van der Waals surface area (Å²) in [7, 11) is 0. The van der Waals surface area contributed by atoms with Crippen molar-refractivity contribution in [2.75, 3.05) is 45.9 Å². The number of alkyl halides is 3. The lowest BCUT2D eigenvalue weighted by Crippen LogP contribution is -2.49. The summed E-state index contributed by atoms with van der Waals surface area (Å²) in [6, 6.07) is 7.73. The van der Waals surface area contributed by atoms with Crippen LogP contribution < -0.4 is 0 Å². The van der Waals surface area contributed by atoms with Gasteiger partial charge in [0.25, 0.3) is 5.91 Å². The van der Waals surface area contributed by atoms with Crippen LogP contribution in [0.1, 0.15) is 16.9 Å². The second-order valence-corrected chi connectivity index (χ2v) is 6.75. The second-order valence-electron chi connectivity index (χ2n) is 6.75. The molecule has 0 bridgehead atoms. The quantitative estimate of drug-likeness (QED) is 0.517. The monoisotopic (exact) mass is 414 g/mol. The number of rotatable bonds is 7. The van der Waals surface area contributed by atoms with Crippen LogP contribution in [0.4, 0.5) is 17.6 Å². The van der Waals surface area contributed by atoms with Gasteiger partial charge in [-0.25, -0.2) is 9.07 Å². The first-order valence-electron chi connectivity index (χ1n) is 9.30. The molecule has 10 heteroatoms. The summed E-state index contributed by atoms with van der Waals surface area (Å²) in [4.78, 5) is 16.4. The molecule has 1 amide bonds.